The third-order valence-electron chi connectivity index (χ3n) is 1.63. The van der Waals surface area contributed by atoms with E-state index < -0.39 is 17.9 Å². The van der Waals surface area contributed by atoms with Gasteiger partial charge in [-0.3, -0.25) is 9.59 Å². The molecule has 0 spiro atoms. The van der Waals surface area contributed by atoms with Crippen molar-refractivity contribution in [1.29, 1.82) is 5.26 Å². The van der Waals surface area contributed by atoms with Gasteiger partial charge in [0.25, 0.3) is 0 Å². The van der Waals surface area contributed by atoms with Crippen LogP contribution >= 0.6 is 0 Å². The van der Waals surface area contributed by atoms with Crippen molar-refractivity contribution in [2.75, 3.05) is 6.54 Å². The molecular weight excluding hydrogens is 214 g/mol. The summed E-state index contributed by atoms with van der Waals surface area (Å²) in [6, 6.07) is 1.14. The molecule has 0 aromatic carbocycles. The molecule has 0 saturated heterocycles. The minimum Gasteiger partial charge on any atom is -0.338 e. The topological polar surface area (TPSA) is 136 Å². The quantitative estimate of drug-likeness (QED) is 0.401. The summed E-state index contributed by atoms with van der Waals surface area (Å²) in [6.07, 6.45) is 0. The van der Waals surface area contributed by atoms with Gasteiger partial charge in [-0.25, -0.2) is 0 Å². The molecular formula is C7H9N7O2. The van der Waals surface area contributed by atoms with E-state index in [-0.39, 0.29) is 12.4 Å². The van der Waals surface area contributed by atoms with Crippen LogP contribution in [0.1, 0.15) is 18.8 Å². The molecule has 2 amide bonds. The Morgan fingerprint density at radius 3 is 2.88 bits per heavy atom. The third kappa shape index (κ3) is 3.02. The average Bonchev–Trinajstić information content (AvgIpc) is 2.79. The molecule has 1 atom stereocenters. The van der Waals surface area contributed by atoms with Crippen molar-refractivity contribution < 1.29 is 9.59 Å². The Bertz CT molecular complexity index is 407. The number of carbonyl (C=O) groups excluding carboxylic acids is 2. The van der Waals surface area contributed by atoms with Crippen LogP contribution in [0.25, 0.3) is 0 Å². The van der Waals surface area contributed by atoms with E-state index in [4.69, 9.17) is 5.26 Å². The van der Waals surface area contributed by atoms with Crippen LogP contribution in [0, 0.1) is 11.3 Å². The Morgan fingerprint density at radius 1 is 1.56 bits per heavy atom. The molecule has 1 rings (SSSR count). The lowest BCUT2D eigenvalue weighted by molar-refractivity contribution is -0.139. The highest BCUT2D eigenvalue weighted by atomic mass is 16.2. The lowest BCUT2D eigenvalue weighted by Crippen LogP contribution is -2.41. The number of tetrazole rings is 1. The molecule has 0 aliphatic heterocycles. The summed E-state index contributed by atoms with van der Waals surface area (Å²) in [5, 5.41) is 25.5. The standard InChI is InChI=1S/C7H9N7O2/c1-4(5-11-13-14-12-5)10-7(16)6(15)9-3-2-8/h4H,3H2,1H3,(H,9,15)(H,10,16)(H,11,12,13,14). The van der Waals surface area contributed by atoms with Crippen molar-refractivity contribution >= 4 is 11.8 Å². The monoisotopic (exact) mass is 223 g/mol. The summed E-state index contributed by atoms with van der Waals surface area (Å²) in [5.41, 5.74) is 0. The first-order chi connectivity index (χ1) is 7.65. The highest BCUT2D eigenvalue weighted by Crippen LogP contribution is 2.01. The second kappa shape index (κ2) is 5.40. The molecule has 0 aliphatic rings. The Kier molecular flexibility index (Phi) is 3.90. The Morgan fingerprint density at radius 2 is 2.31 bits per heavy atom. The van der Waals surface area contributed by atoms with Gasteiger partial charge >= 0.3 is 11.8 Å². The van der Waals surface area contributed by atoms with Gasteiger partial charge in [0.05, 0.1) is 12.1 Å². The lowest BCUT2D eigenvalue weighted by atomic mass is 10.3. The number of amides is 2. The first kappa shape index (κ1) is 11.6. The van der Waals surface area contributed by atoms with Crippen LogP contribution in [-0.2, 0) is 9.59 Å². The van der Waals surface area contributed by atoms with Gasteiger partial charge in [0.1, 0.15) is 6.54 Å². The van der Waals surface area contributed by atoms with Gasteiger partial charge in [0.2, 0.25) is 0 Å². The summed E-state index contributed by atoms with van der Waals surface area (Å²) in [6.45, 7) is 1.38. The maximum absolute atomic E-state index is 11.2. The van der Waals surface area contributed by atoms with Gasteiger partial charge in [-0.05, 0) is 6.92 Å². The highest BCUT2D eigenvalue weighted by molar-refractivity contribution is 6.35. The van der Waals surface area contributed by atoms with Crippen LogP contribution in [0.5, 0.6) is 0 Å². The van der Waals surface area contributed by atoms with E-state index in [2.05, 4.69) is 31.3 Å². The van der Waals surface area contributed by atoms with Crippen LogP contribution in [0.2, 0.25) is 0 Å². The van der Waals surface area contributed by atoms with Gasteiger partial charge in [-0.1, -0.05) is 5.21 Å². The molecule has 1 unspecified atom stereocenters. The third-order valence-corrected chi connectivity index (χ3v) is 1.63. The molecule has 9 heteroatoms. The number of nitrogens with one attached hydrogen (secondary N) is 3. The maximum Gasteiger partial charge on any atom is 0.310 e. The summed E-state index contributed by atoms with van der Waals surface area (Å²) in [5.74, 6) is -1.47. The molecule has 9 nitrogen and oxygen atoms in total. The zero-order valence-corrected chi connectivity index (χ0v) is 8.39. The number of carbonyl (C=O) groups is 2. The van der Waals surface area contributed by atoms with Crippen LogP contribution in [-0.4, -0.2) is 39.0 Å². The minimum absolute atomic E-state index is 0.219. The van der Waals surface area contributed by atoms with Gasteiger partial charge < -0.3 is 10.6 Å². The molecule has 1 aromatic rings. The highest BCUT2D eigenvalue weighted by Gasteiger charge is 2.18. The first-order valence-corrected chi connectivity index (χ1v) is 4.34. The van der Waals surface area contributed by atoms with Crippen molar-refractivity contribution in [2.45, 2.75) is 13.0 Å². The molecule has 84 valence electrons. The van der Waals surface area contributed by atoms with Crippen molar-refractivity contribution in [3.05, 3.63) is 5.82 Å². The summed E-state index contributed by atoms with van der Waals surface area (Å²) < 4.78 is 0. The van der Waals surface area contributed by atoms with E-state index in [0.717, 1.165) is 0 Å². The number of hydrogen-bond acceptors (Lipinski definition) is 6. The SMILES string of the molecule is CC(NC(=O)C(=O)NCC#N)c1nn[nH]n1. The molecule has 0 radical (unpaired) electrons. The van der Waals surface area contributed by atoms with Crippen LogP contribution in [0.4, 0.5) is 0 Å². The number of nitrogens with zero attached hydrogens (tertiary/aromatic N) is 4. The molecule has 0 saturated carbocycles. The van der Waals surface area contributed by atoms with Gasteiger partial charge in [-0.2, -0.15) is 10.5 Å². The van der Waals surface area contributed by atoms with E-state index in [1.165, 1.54) is 0 Å². The largest absolute Gasteiger partial charge is 0.338 e. The van der Waals surface area contributed by atoms with E-state index in [9.17, 15) is 9.59 Å². The predicted octanol–water partition coefficient (Wildman–Crippen LogP) is -1.98. The molecule has 16 heavy (non-hydrogen) atoms. The second-order valence-electron chi connectivity index (χ2n) is 2.81. The molecule has 1 heterocycles. The van der Waals surface area contributed by atoms with Gasteiger partial charge in [-0.15, -0.1) is 10.2 Å². The van der Waals surface area contributed by atoms with E-state index in [0.29, 0.717) is 0 Å². The Balaban J connectivity index is 2.46. The van der Waals surface area contributed by atoms with Crippen molar-refractivity contribution in [2.24, 2.45) is 0 Å². The summed E-state index contributed by atoms with van der Waals surface area (Å²) in [4.78, 5) is 22.3. The Labute approximate surface area is 90.2 Å². The van der Waals surface area contributed by atoms with Crippen LogP contribution < -0.4 is 10.6 Å². The number of H-pyrrole nitrogens is 1. The predicted molar refractivity (Wildman–Crippen MR) is 49.4 cm³/mol. The van der Waals surface area contributed by atoms with E-state index >= 15 is 0 Å². The maximum atomic E-state index is 11.2. The van der Waals surface area contributed by atoms with Crippen molar-refractivity contribution in [1.82, 2.24) is 31.3 Å². The average molecular weight is 223 g/mol. The zero-order chi connectivity index (χ0) is 12.0. The van der Waals surface area contributed by atoms with Crippen molar-refractivity contribution in [3.8, 4) is 6.07 Å². The molecule has 1 aromatic heterocycles. The normalized spacial score (nSPS) is 11.2. The fourth-order valence-corrected chi connectivity index (χ4v) is 0.880. The number of aromatic nitrogens is 4. The lowest BCUT2D eigenvalue weighted by Gasteiger charge is -2.08. The number of nitriles is 1. The first-order valence-electron chi connectivity index (χ1n) is 4.34. The number of aromatic amines is 1. The van der Waals surface area contributed by atoms with Crippen LogP contribution in [0.3, 0.4) is 0 Å². The fraction of sp³-hybridized carbons (Fsp3) is 0.429. The van der Waals surface area contributed by atoms with Gasteiger partial charge in [0.15, 0.2) is 5.82 Å². The number of hydrogen-bond donors (Lipinski definition) is 3. The van der Waals surface area contributed by atoms with Crippen LogP contribution in [0.15, 0.2) is 0 Å². The zero-order valence-electron chi connectivity index (χ0n) is 8.39. The van der Waals surface area contributed by atoms with E-state index in [1.807, 2.05) is 0 Å². The van der Waals surface area contributed by atoms with Crippen molar-refractivity contribution in [3.63, 3.8) is 0 Å². The second-order valence-corrected chi connectivity index (χ2v) is 2.81. The summed E-state index contributed by atoms with van der Waals surface area (Å²) >= 11 is 0. The number of rotatable bonds is 3. The van der Waals surface area contributed by atoms with E-state index in [1.54, 1.807) is 13.0 Å². The molecule has 0 aliphatic carbocycles. The summed E-state index contributed by atoms with van der Waals surface area (Å²) in [7, 11) is 0. The molecule has 0 bridgehead atoms. The molecule has 3 N–H and O–H groups in total. The molecule has 0 fully saturated rings. The smallest absolute Gasteiger partial charge is 0.310 e. The minimum atomic E-state index is -0.878. The fourth-order valence-electron chi connectivity index (χ4n) is 0.880. The Hall–Kier alpha value is -2.50. The van der Waals surface area contributed by atoms with Gasteiger partial charge in [0, 0.05) is 0 Å².